The third-order valence-corrected chi connectivity index (χ3v) is 0.427. The van der Waals surface area contributed by atoms with E-state index in [4.69, 9.17) is 8.84 Å². The van der Waals surface area contributed by atoms with Gasteiger partial charge in [0.15, 0.2) is 0 Å². The molecule has 0 saturated heterocycles. The Balaban J connectivity index is 2.63. The minimum atomic E-state index is -1.41. The monoisotopic (exact) mass is 85.0 g/mol. The van der Waals surface area contributed by atoms with Crippen LogP contribution < -0.4 is 0 Å². The van der Waals surface area contributed by atoms with Crippen molar-refractivity contribution in [3.8, 4) is 0 Å². The SMILES string of the molecule is [2H]P([B])[B][B]F. The molecule has 0 aromatic heterocycles. The van der Waals surface area contributed by atoms with E-state index in [-0.39, 0.29) is 0 Å². The highest BCUT2D eigenvalue weighted by Gasteiger charge is 1.80. The standard InChI is InChI=1S/B3FHP/c1-5-3-2-4/h5H/i5D. The van der Waals surface area contributed by atoms with Gasteiger partial charge in [0.2, 0.25) is 0 Å². The van der Waals surface area contributed by atoms with Crippen LogP contribution in [0.25, 0.3) is 0 Å². The Morgan fingerprint density at radius 1 is 2.20 bits per heavy atom. The van der Waals surface area contributed by atoms with Crippen LogP contribution >= 0.6 is 8.28 Å². The van der Waals surface area contributed by atoms with Gasteiger partial charge >= 0.3 is 7.45 Å². The molecule has 0 amide bonds. The molecule has 0 N–H and O–H groups in total. The molecule has 0 rings (SSSR count). The second-order valence-electron chi connectivity index (χ2n) is 0.424. The van der Waals surface area contributed by atoms with E-state index in [0.29, 0.717) is 7.45 Å². The van der Waals surface area contributed by atoms with Crippen LogP contribution in [0.4, 0.5) is 4.32 Å². The van der Waals surface area contributed by atoms with E-state index in [0.717, 1.165) is 6.89 Å². The van der Waals surface area contributed by atoms with Crippen LogP contribution in [0.5, 0.6) is 0 Å². The molecule has 0 saturated carbocycles. The molecule has 0 aliphatic rings. The maximum absolute atomic E-state index is 10.9. The summed E-state index contributed by atoms with van der Waals surface area (Å²) < 4.78 is 17.4. The first-order valence-electron chi connectivity index (χ1n) is 1.52. The molecule has 0 aliphatic heterocycles. The average Bonchev–Trinajstić information content (AvgIpc) is 1.35. The summed E-state index contributed by atoms with van der Waals surface area (Å²) in [4.78, 5) is 0. The molecule has 5 heteroatoms. The first-order valence-corrected chi connectivity index (χ1v) is 2.10. The lowest BCUT2D eigenvalue weighted by Crippen LogP contribution is -1.85. The van der Waals surface area contributed by atoms with Gasteiger partial charge in [-0.1, -0.05) is 0 Å². The van der Waals surface area contributed by atoms with Gasteiger partial charge in [0.1, 0.15) is 6.89 Å². The first kappa shape index (κ1) is 3.73. The Morgan fingerprint density at radius 3 is 2.80 bits per heavy atom. The highest BCUT2D eigenvalue weighted by molar-refractivity contribution is 7.96. The Morgan fingerprint density at radius 2 is 2.80 bits per heavy atom. The highest BCUT2D eigenvalue weighted by atomic mass is 31.1. The molecular formula is HB3FP. The Bertz CT molecular complexity index is 32.0. The largest absolute Gasteiger partial charge is 0.354 e. The Kier molecular flexibility index (Phi) is 3.40. The van der Waals surface area contributed by atoms with Gasteiger partial charge in [0, 0.05) is 1.28 Å². The summed E-state index contributed by atoms with van der Waals surface area (Å²) in [6.45, 7) is 1.01. The van der Waals surface area contributed by atoms with E-state index < -0.39 is 8.28 Å². The molecule has 0 heterocycles. The van der Waals surface area contributed by atoms with E-state index in [2.05, 4.69) is 0 Å². The summed E-state index contributed by atoms with van der Waals surface area (Å²) in [5.74, 6) is 0. The van der Waals surface area contributed by atoms with Gasteiger partial charge in [-0.25, -0.2) is 8.28 Å². The van der Waals surface area contributed by atoms with E-state index in [9.17, 15) is 4.32 Å². The van der Waals surface area contributed by atoms with Gasteiger partial charge in [0.05, 0.1) is 7.57 Å². The third-order valence-electron chi connectivity index (χ3n) is 0.142. The number of halogens is 1. The lowest BCUT2D eigenvalue weighted by molar-refractivity contribution is 0.893. The zero-order valence-corrected chi connectivity index (χ0v) is 3.45. The summed E-state index contributed by atoms with van der Waals surface area (Å²) in [5.41, 5.74) is 0. The van der Waals surface area contributed by atoms with Crippen molar-refractivity contribution in [2.45, 2.75) is 0 Å². The number of rotatable bonds is 2. The van der Waals surface area contributed by atoms with Crippen molar-refractivity contribution in [2.75, 3.05) is 0 Å². The van der Waals surface area contributed by atoms with Gasteiger partial charge < -0.3 is 4.32 Å². The van der Waals surface area contributed by atoms with Crippen molar-refractivity contribution in [1.82, 2.24) is 0 Å². The fourth-order valence-corrected chi connectivity index (χ4v) is 0.0976. The molecule has 1 atom stereocenters. The van der Waals surface area contributed by atoms with Gasteiger partial charge in [-0.15, -0.1) is 0 Å². The molecule has 0 spiro atoms. The molecule has 0 aromatic carbocycles. The highest BCUT2D eigenvalue weighted by Crippen LogP contribution is 1.90. The van der Waals surface area contributed by atoms with Crippen molar-refractivity contribution in [3.05, 3.63) is 0 Å². The minimum Gasteiger partial charge on any atom is -0.354 e. The molecule has 0 fully saturated rings. The minimum absolute atomic E-state index is 0.290. The lowest BCUT2D eigenvalue weighted by atomic mass is 9.73. The molecule has 0 nitrogen and oxygen atoms in total. The van der Waals surface area contributed by atoms with Crippen molar-refractivity contribution < 1.29 is 4.32 Å². The van der Waals surface area contributed by atoms with Crippen molar-refractivity contribution in [3.63, 3.8) is 0 Å². The fourth-order valence-electron chi connectivity index (χ4n) is 0.0325. The molecule has 0 aromatic rings. The van der Waals surface area contributed by atoms with Crippen LogP contribution in [0.1, 0.15) is 0 Å². The first-order chi connectivity index (χ1) is 2.77. The summed E-state index contributed by atoms with van der Waals surface area (Å²) in [7, 11) is 3.69. The molecule has 0 aliphatic carbocycles. The zero-order chi connectivity index (χ0) is 4.99. The fraction of sp³-hybridized carbons (Fsp3) is 0. The topological polar surface area (TPSA) is 0 Å². The molecule has 22 valence electrons. The van der Waals surface area contributed by atoms with Crippen molar-refractivity contribution >= 4 is 30.2 Å². The van der Waals surface area contributed by atoms with Crippen LogP contribution in [0, 0.1) is 0 Å². The normalized spacial score (nSPS) is 15.8. The Labute approximate surface area is 36.8 Å². The van der Waals surface area contributed by atoms with E-state index >= 15 is 0 Å². The van der Waals surface area contributed by atoms with E-state index in [1.54, 1.807) is 0 Å². The predicted molar refractivity (Wildman–Crippen MR) is 26.7 cm³/mol. The lowest BCUT2D eigenvalue weighted by Gasteiger charge is -1.71. The van der Waals surface area contributed by atoms with E-state index in [1.807, 2.05) is 0 Å². The van der Waals surface area contributed by atoms with Gasteiger partial charge in [-0.05, 0) is 0 Å². The smallest absolute Gasteiger partial charge is 0.306 e. The predicted octanol–water partition coefficient (Wildman–Crippen LogP) is -0.129. The summed E-state index contributed by atoms with van der Waals surface area (Å²) >= 11 is 0. The quantitative estimate of drug-likeness (QED) is 0.323. The zero-order valence-electron chi connectivity index (χ0n) is 3.56. The summed E-state index contributed by atoms with van der Waals surface area (Å²) in [5, 5.41) is 0. The van der Waals surface area contributed by atoms with Crippen LogP contribution in [0.2, 0.25) is 0 Å². The van der Waals surface area contributed by atoms with Crippen LogP contribution in [0.3, 0.4) is 0 Å². The van der Waals surface area contributed by atoms with Crippen LogP contribution in [-0.4, -0.2) is 23.2 Å². The van der Waals surface area contributed by atoms with Gasteiger partial charge in [-0.2, -0.15) is 0 Å². The molecule has 1 unspecified atom stereocenters. The van der Waals surface area contributed by atoms with Crippen LogP contribution in [-0.2, 0) is 0 Å². The van der Waals surface area contributed by atoms with Gasteiger partial charge in [0.25, 0.3) is 0 Å². The van der Waals surface area contributed by atoms with Crippen LogP contribution in [0.15, 0.2) is 0 Å². The average molecular weight is 84.4 g/mol. The second kappa shape index (κ2) is 4.55. The molecule has 5 heavy (non-hydrogen) atoms. The summed E-state index contributed by atoms with van der Waals surface area (Å²) in [6, 6.07) is 0. The van der Waals surface area contributed by atoms with Crippen molar-refractivity contribution in [2.24, 2.45) is 0 Å². The maximum atomic E-state index is 10.9. The van der Waals surface area contributed by atoms with E-state index in [1.165, 1.54) is 0 Å². The molecule has 4 radical (unpaired) electrons. The number of hydrogen-bond acceptors (Lipinski definition) is 0. The Hall–Kier alpha value is 0.555. The summed E-state index contributed by atoms with van der Waals surface area (Å²) in [6.07, 6.45) is 0. The maximum Gasteiger partial charge on any atom is 0.306 e. The molecular weight excluding hydrogens is 82.4 g/mol. The third kappa shape index (κ3) is 4.55. The van der Waals surface area contributed by atoms with Crippen molar-refractivity contribution in [1.29, 1.82) is 1.28 Å². The molecule has 0 bridgehead atoms. The second-order valence-corrected chi connectivity index (χ2v) is 1.02. The number of hydrogen-bond donors (Lipinski definition) is 0. The van der Waals surface area contributed by atoms with Gasteiger partial charge in [-0.3, -0.25) is 0 Å².